The van der Waals surface area contributed by atoms with Crippen LogP contribution >= 0.6 is 0 Å². The number of hydrogen-bond donors (Lipinski definition) is 1. The van der Waals surface area contributed by atoms with Crippen LogP contribution in [0.25, 0.3) is 11.3 Å². The standard InChI is InChI=1S/C13H12F2N2O2/c1-3-7-4-8(12(15)9(14)5-7)11-6-10(13(18)19)16-17(11)2/h4-6H,3H2,1-2H3,(H,18,19). The summed E-state index contributed by atoms with van der Waals surface area (Å²) in [6.45, 7) is 1.82. The minimum Gasteiger partial charge on any atom is -0.476 e. The molecule has 0 aliphatic heterocycles. The summed E-state index contributed by atoms with van der Waals surface area (Å²) in [4.78, 5) is 10.8. The Morgan fingerprint density at radius 2 is 2.05 bits per heavy atom. The molecule has 19 heavy (non-hydrogen) atoms. The third kappa shape index (κ3) is 2.33. The number of rotatable bonds is 3. The SMILES string of the molecule is CCc1cc(F)c(F)c(-c2cc(C(=O)O)nn2C)c1. The van der Waals surface area contributed by atoms with Crippen molar-refractivity contribution in [2.24, 2.45) is 7.05 Å². The lowest BCUT2D eigenvalue weighted by Gasteiger charge is -2.07. The highest BCUT2D eigenvalue weighted by molar-refractivity contribution is 5.87. The normalized spacial score (nSPS) is 10.7. The quantitative estimate of drug-likeness (QED) is 0.929. The van der Waals surface area contributed by atoms with Gasteiger partial charge in [-0.15, -0.1) is 0 Å². The Morgan fingerprint density at radius 3 is 2.58 bits per heavy atom. The lowest BCUT2D eigenvalue weighted by molar-refractivity contribution is 0.0689. The van der Waals surface area contributed by atoms with Crippen LogP contribution in [0.1, 0.15) is 23.0 Å². The second kappa shape index (κ2) is 4.79. The molecule has 4 nitrogen and oxygen atoms in total. The zero-order valence-electron chi connectivity index (χ0n) is 10.4. The summed E-state index contributed by atoms with van der Waals surface area (Å²) in [5.41, 5.74) is 0.662. The maximum Gasteiger partial charge on any atom is 0.356 e. The summed E-state index contributed by atoms with van der Waals surface area (Å²) < 4.78 is 28.5. The van der Waals surface area contributed by atoms with Crippen molar-refractivity contribution in [1.82, 2.24) is 9.78 Å². The fourth-order valence-corrected chi connectivity index (χ4v) is 1.86. The summed E-state index contributed by atoms with van der Waals surface area (Å²) in [6, 6.07) is 3.86. The van der Waals surface area contributed by atoms with E-state index in [-0.39, 0.29) is 17.0 Å². The second-order valence-corrected chi connectivity index (χ2v) is 4.14. The van der Waals surface area contributed by atoms with Crippen LogP contribution in [0.4, 0.5) is 8.78 Å². The Kier molecular flexibility index (Phi) is 3.33. The predicted molar refractivity (Wildman–Crippen MR) is 64.9 cm³/mol. The first-order valence-corrected chi connectivity index (χ1v) is 5.69. The van der Waals surface area contributed by atoms with E-state index in [1.54, 1.807) is 0 Å². The largest absolute Gasteiger partial charge is 0.476 e. The predicted octanol–water partition coefficient (Wildman–Crippen LogP) is 2.63. The van der Waals surface area contributed by atoms with E-state index in [2.05, 4.69) is 5.10 Å². The van der Waals surface area contributed by atoms with Crippen LogP contribution in [0.5, 0.6) is 0 Å². The molecule has 0 spiro atoms. The second-order valence-electron chi connectivity index (χ2n) is 4.14. The van der Waals surface area contributed by atoms with E-state index in [0.29, 0.717) is 12.0 Å². The summed E-state index contributed by atoms with van der Waals surface area (Å²) in [7, 11) is 1.48. The molecule has 1 aromatic carbocycles. The molecule has 0 radical (unpaired) electrons. The van der Waals surface area contributed by atoms with Gasteiger partial charge in [0.25, 0.3) is 0 Å². The van der Waals surface area contributed by atoms with Gasteiger partial charge in [0.2, 0.25) is 0 Å². The molecule has 100 valence electrons. The highest BCUT2D eigenvalue weighted by Gasteiger charge is 2.18. The van der Waals surface area contributed by atoms with Crippen LogP contribution in [0.2, 0.25) is 0 Å². The number of aromatic nitrogens is 2. The molecule has 6 heteroatoms. The topological polar surface area (TPSA) is 55.1 Å². The third-order valence-corrected chi connectivity index (χ3v) is 2.87. The van der Waals surface area contributed by atoms with Crippen molar-refractivity contribution < 1.29 is 18.7 Å². The number of benzene rings is 1. The van der Waals surface area contributed by atoms with E-state index in [1.807, 2.05) is 6.92 Å². The molecule has 0 bridgehead atoms. The van der Waals surface area contributed by atoms with Crippen molar-refractivity contribution in [2.75, 3.05) is 0 Å². The van der Waals surface area contributed by atoms with E-state index >= 15 is 0 Å². The zero-order valence-corrected chi connectivity index (χ0v) is 10.4. The molecule has 0 aliphatic rings. The first kappa shape index (κ1) is 13.2. The van der Waals surface area contributed by atoms with E-state index < -0.39 is 17.6 Å². The number of carboxylic acids is 1. The molecule has 0 aliphatic carbocycles. The van der Waals surface area contributed by atoms with Gasteiger partial charge in [-0.1, -0.05) is 6.92 Å². The molecule has 1 N–H and O–H groups in total. The van der Waals surface area contributed by atoms with E-state index in [4.69, 9.17) is 5.11 Å². The summed E-state index contributed by atoms with van der Waals surface area (Å²) in [5, 5.41) is 12.6. The van der Waals surface area contributed by atoms with Gasteiger partial charge in [-0.3, -0.25) is 4.68 Å². The summed E-state index contributed by atoms with van der Waals surface area (Å²) in [6.07, 6.45) is 0.549. The number of carbonyl (C=O) groups is 1. The summed E-state index contributed by atoms with van der Waals surface area (Å²) >= 11 is 0. The lowest BCUT2D eigenvalue weighted by Crippen LogP contribution is -2.00. The highest BCUT2D eigenvalue weighted by Crippen LogP contribution is 2.26. The van der Waals surface area contributed by atoms with E-state index in [0.717, 1.165) is 6.07 Å². The fraction of sp³-hybridized carbons (Fsp3) is 0.231. The van der Waals surface area contributed by atoms with Gasteiger partial charge in [0, 0.05) is 12.6 Å². The van der Waals surface area contributed by atoms with Crippen molar-refractivity contribution in [3.8, 4) is 11.3 Å². The first-order valence-electron chi connectivity index (χ1n) is 5.69. The third-order valence-electron chi connectivity index (χ3n) is 2.87. The van der Waals surface area contributed by atoms with Gasteiger partial charge in [0.05, 0.1) is 5.69 Å². The van der Waals surface area contributed by atoms with Crippen molar-refractivity contribution >= 4 is 5.97 Å². The highest BCUT2D eigenvalue weighted by atomic mass is 19.2. The van der Waals surface area contributed by atoms with Crippen LogP contribution in [-0.2, 0) is 13.5 Å². The van der Waals surface area contributed by atoms with Gasteiger partial charge < -0.3 is 5.11 Å². The minimum atomic E-state index is -1.21. The van der Waals surface area contributed by atoms with Gasteiger partial charge >= 0.3 is 5.97 Å². The molecular formula is C13H12F2N2O2. The van der Waals surface area contributed by atoms with Gasteiger partial charge in [-0.25, -0.2) is 13.6 Å². The van der Waals surface area contributed by atoms with Crippen molar-refractivity contribution in [3.05, 3.63) is 41.1 Å². The van der Waals surface area contributed by atoms with Gasteiger partial charge in [0.15, 0.2) is 17.3 Å². The first-order chi connectivity index (χ1) is 8.93. The molecule has 0 amide bonds. The van der Waals surface area contributed by atoms with Crippen LogP contribution in [0.3, 0.4) is 0 Å². The maximum atomic E-state index is 13.8. The van der Waals surface area contributed by atoms with Crippen LogP contribution < -0.4 is 0 Å². The van der Waals surface area contributed by atoms with Crippen LogP contribution in [0, 0.1) is 11.6 Å². The van der Waals surface area contributed by atoms with Crippen molar-refractivity contribution in [1.29, 1.82) is 0 Å². The smallest absolute Gasteiger partial charge is 0.356 e. The average Bonchev–Trinajstić information content (AvgIpc) is 2.75. The van der Waals surface area contributed by atoms with Crippen LogP contribution in [-0.4, -0.2) is 20.9 Å². The molecule has 2 rings (SSSR count). The number of halogens is 2. The lowest BCUT2D eigenvalue weighted by atomic mass is 10.0. The molecule has 2 aromatic rings. The Morgan fingerprint density at radius 1 is 1.37 bits per heavy atom. The number of hydrogen-bond acceptors (Lipinski definition) is 2. The van der Waals surface area contributed by atoms with Crippen LogP contribution in [0.15, 0.2) is 18.2 Å². The minimum absolute atomic E-state index is 0.0133. The maximum absolute atomic E-state index is 13.8. The monoisotopic (exact) mass is 266 g/mol. The number of aryl methyl sites for hydroxylation is 2. The molecule has 1 aromatic heterocycles. The molecule has 0 saturated carbocycles. The Labute approximate surface area is 108 Å². The van der Waals surface area contributed by atoms with Crippen molar-refractivity contribution in [2.45, 2.75) is 13.3 Å². The number of aromatic carboxylic acids is 1. The molecule has 1 heterocycles. The zero-order chi connectivity index (χ0) is 14.2. The Hall–Kier alpha value is -2.24. The Balaban J connectivity index is 2.64. The molecule has 0 fully saturated rings. The Bertz CT molecular complexity index is 650. The molecule has 0 saturated heterocycles. The fourth-order valence-electron chi connectivity index (χ4n) is 1.86. The summed E-state index contributed by atoms with van der Waals surface area (Å²) in [5.74, 6) is -3.17. The average molecular weight is 266 g/mol. The van der Waals surface area contributed by atoms with Gasteiger partial charge in [-0.2, -0.15) is 5.10 Å². The number of carboxylic acid groups (broad SMARTS) is 1. The molecule has 0 atom stereocenters. The number of nitrogens with zero attached hydrogens (tertiary/aromatic N) is 2. The molecular weight excluding hydrogens is 254 g/mol. The van der Waals surface area contributed by atoms with E-state index in [1.165, 1.54) is 23.9 Å². The van der Waals surface area contributed by atoms with Crippen molar-refractivity contribution in [3.63, 3.8) is 0 Å². The molecule has 0 unspecified atom stereocenters. The van der Waals surface area contributed by atoms with Gasteiger partial charge in [-0.05, 0) is 30.2 Å². The van der Waals surface area contributed by atoms with Gasteiger partial charge in [0.1, 0.15) is 0 Å². The van der Waals surface area contributed by atoms with E-state index in [9.17, 15) is 13.6 Å².